The van der Waals surface area contributed by atoms with Crippen LogP contribution < -0.4 is 5.32 Å². The Labute approximate surface area is 179 Å². The van der Waals surface area contributed by atoms with Crippen molar-refractivity contribution in [2.75, 3.05) is 5.32 Å². The normalized spacial score (nSPS) is 12.5. The molecule has 6 heteroatoms. The summed E-state index contributed by atoms with van der Waals surface area (Å²) in [7, 11) is 0. The second kappa shape index (κ2) is 8.59. The minimum atomic E-state index is -0.318. The smallest absolute Gasteiger partial charge is 0.248 e. The molecule has 4 rings (SSSR count). The van der Waals surface area contributed by atoms with Gasteiger partial charge in [0, 0.05) is 11.6 Å². The van der Waals surface area contributed by atoms with Crippen molar-refractivity contribution in [3.8, 4) is 11.5 Å². The van der Waals surface area contributed by atoms with Gasteiger partial charge >= 0.3 is 0 Å². The van der Waals surface area contributed by atoms with E-state index in [1.54, 1.807) is 36.6 Å². The number of hydrogen-bond donors (Lipinski definition) is 1. The third-order valence-electron chi connectivity index (χ3n) is 5.01. The largest absolute Gasteiger partial charge is 0.465 e. The van der Waals surface area contributed by atoms with Crippen LogP contribution in [-0.4, -0.2) is 10.9 Å². The Morgan fingerprint density at radius 2 is 2.10 bits per heavy atom. The van der Waals surface area contributed by atoms with Crippen molar-refractivity contribution in [1.82, 2.24) is 4.98 Å². The Bertz CT molecular complexity index is 1210. The SMILES string of the molecule is CCC(C)c1ccc2oc(-c3ccc(Cl)c(NC(=O)C=Cc4ccco4)c3)nc2c1. The molecule has 0 bridgehead atoms. The van der Waals surface area contributed by atoms with Crippen LogP contribution in [0.2, 0.25) is 5.02 Å². The number of furan rings is 1. The van der Waals surface area contributed by atoms with Crippen molar-refractivity contribution >= 4 is 40.4 Å². The summed E-state index contributed by atoms with van der Waals surface area (Å²) in [5, 5.41) is 3.20. The fourth-order valence-electron chi connectivity index (χ4n) is 3.08. The standard InChI is InChI=1S/C24H21ClN2O3/c1-3-15(2)16-7-10-22-21(13-16)27-24(30-22)17-6-9-19(25)20(14-17)26-23(28)11-8-18-5-4-12-29-18/h4-15H,3H2,1-2H3,(H,26,28). The molecule has 4 aromatic rings. The first-order valence-electron chi connectivity index (χ1n) is 9.76. The highest BCUT2D eigenvalue weighted by Crippen LogP contribution is 2.31. The fraction of sp³-hybridized carbons (Fsp3) is 0.167. The number of benzene rings is 2. The van der Waals surface area contributed by atoms with Gasteiger partial charge in [0.2, 0.25) is 11.8 Å². The number of amides is 1. The molecular weight excluding hydrogens is 400 g/mol. The lowest BCUT2D eigenvalue weighted by Crippen LogP contribution is -2.08. The molecule has 0 aliphatic rings. The molecule has 1 atom stereocenters. The molecule has 0 aliphatic heterocycles. The summed E-state index contributed by atoms with van der Waals surface area (Å²) < 4.78 is 11.1. The van der Waals surface area contributed by atoms with E-state index in [-0.39, 0.29) is 5.91 Å². The molecule has 1 unspecified atom stereocenters. The van der Waals surface area contributed by atoms with E-state index in [0.717, 1.165) is 23.1 Å². The van der Waals surface area contributed by atoms with Gasteiger partial charge in [-0.15, -0.1) is 0 Å². The average molecular weight is 421 g/mol. The van der Waals surface area contributed by atoms with Crippen LogP contribution in [-0.2, 0) is 4.79 Å². The highest BCUT2D eigenvalue weighted by molar-refractivity contribution is 6.34. The third kappa shape index (κ3) is 4.31. The molecule has 0 fully saturated rings. The number of rotatable bonds is 6. The maximum atomic E-state index is 12.2. The van der Waals surface area contributed by atoms with Crippen LogP contribution in [0.1, 0.15) is 37.5 Å². The molecule has 0 aliphatic carbocycles. The third-order valence-corrected chi connectivity index (χ3v) is 5.34. The number of carbonyl (C=O) groups is 1. The highest BCUT2D eigenvalue weighted by Gasteiger charge is 2.13. The van der Waals surface area contributed by atoms with Crippen molar-refractivity contribution in [3.05, 3.63) is 77.2 Å². The van der Waals surface area contributed by atoms with Gasteiger partial charge in [0.25, 0.3) is 0 Å². The Morgan fingerprint density at radius 3 is 2.87 bits per heavy atom. The van der Waals surface area contributed by atoms with Gasteiger partial charge in [-0.05, 0) is 66.4 Å². The molecule has 30 heavy (non-hydrogen) atoms. The molecule has 0 radical (unpaired) electrons. The van der Waals surface area contributed by atoms with Crippen molar-refractivity contribution in [1.29, 1.82) is 0 Å². The van der Waals surface area contributed by atoms with Crippen LogP contribution in [0, 0.1) is 0 Å². The topological polar surface area (TPSA) is 68.3 Å². The van der Waals surface area contributed by atoms with E-state index in [9.17, 15) is 4.79 Å². The zero-order valence-corrected chi connectivity index (χ0v) is 17.4. The number of nitrogens with one attached hydrogen (secondary N) is 1. The Kier molecular flexibility index (Phi) is 5.72. The number of fused-ring (bicyclic) bond motifs is 1. The zero-order valence-electron chi connectivity index (χ0n) is 16.7. The number of anilines is 1. The molecule has 152 valence electrons. The van der Waals surface area contributed by atoms with Crippen LogP contribution in [0.5, 0.6) is 0 Å². The van der Waals surface area contributed by atoms with E-state index >= 15 is 0 Å². The molecule has 2 aromatic carbocycles. The number of oxazole rings is 1. The molecule has 2 heterocycles. The summed E-state index contributed by atoms with van der Waals surface area (Å²) in [6.07, 6.45) is 5.58. The second-order valence-electron chi connectivity index (χ2n) is 7.09. The lowest BCUT2D eigenvalue weighted by Gasteiger charge is -2.07. The maximum absolute atomic E-state index is 12.2. The van der Waals surface area contributed by atoms with Gasteiger partial charge in [0.05, 0.1) is 17.0 Å². The van der Waals surface area contributed by atoms with Gasteiger partial charge in [-0.3, -0.25) is 4.79 Å². The van der Waals surface area contributed by atoms with E-state index in [2.05, 4.69) is 36.3 Å². The van der Waals surface area contributed by atoms with E-state index in [1.807, 2.05) is 12.1 Å². The van der Waals surface area contributed by atoms with Crippen molar-refractivity contribution < 1.29 is 13.6 Å². The van der Waals surface area contributed by atoms with Crippen molar-refractivity contribution in [2.24, 2.45) is 0 Å². The maximum Gasteiger partial charge on any atom is 0.248 e. The lowest BCUT2D eigenvalue weighted by molar-refractivity contribution is -0.111. The summed E-state index contributed by atoms with van der Waals surface area (Å²) in [6.45, 7) is 4.35. The quantitative estimate of drug-likeness (QED) is 0.344. The van der Waals surface area contributed by atoms with Crippen LogP contribution in [0.25, 0.3) is 28.6 Å². The van der Waals surface area contributed by atoms with E-state index in [1.165, 1.54) is 11.6 Å². The van der Waals surface area contributed by atoms with Crippen LogP contribution >= 0.6 is 11.6 Å². The molecule has 0 saturated heterocycles. The first-order chi connectivity index (χ1) is 14.5. The second-order valence-corrected chi connectivity index (χ2v) is 7.50. The molecule has 1 amide bonds. The van der Waals surface area contributed by atoms with Crippen molar-refractivity contribution in [3.63, 3.8) is 0 Å². The van der Waals surface area contributed by atoms with Gasteiger partial charge in [0.15, 0.2) is 5.58 Å². The minimum Gasteiger partial charge on any atom is -0.465 e. The Balaban J connectivity index is 1.58. The highest BCUT2D eigenvalue weighted by atomic mass is 35.5. The van der Waals surface area contributed by atoms with Crippen LogP contribution in [0.15, 0.2) is 69.7 Å². The summed E-state index contributed by atoms with van der Waals surface area (Å²) >= 11 is 6.27. The van der Waals surface area contributed by atoms with Gasteiger partial charge < -0.3 is 14.2 Å². The summed E-state index contributed by atoms with van der Waals surface area (Å²) in [6, 6.07) is 14.9. The number of carbonyl (C=O) groups excluding carboxylic acids is 1. The average Bonchev–Trinajstić information content (AvgIpc) is 3.42. The number of hydrogen-bond acceptors (Lipinski definition) is 4. The summed E-state index contributed by atoms with van der Waals surface area (Å²) in [4.78, 5) is 16.9. The minimum absolute atomic E-state index is 0.318. The monoisotopic (exact) mass is 420 g/mol. The predicted octanol–water partition coefficient (Wildman–Crippen LogP) is 6.91. The van der Waals surface area contributed by atoms with Crippen LogP contribution in [0.3, 0.4) is 0 Å². The van der Waals surface area contributed by atoms with E-state index in [4.69, 9.17) is 20.4 Å². The van der Waals surface area contributed by atoms with Gasteiger partial charge in [-0.1, -0.05) is 31.5 Å². The van der Waals surface area contributed by atoms with Gasteiger partial charge in [-0.25, -0.2) is 4.98 Å². The summed E-state index contributed by atoms with van der Waals surface area (Å²) in [5.74, 6) is 1.21. The number of halogens is 1. The molecule has 5 nitrogen and oxygen atoms in total. The predicted molar refractivity (Wildman–Crippen MR) is 120 cm³/mol. The van der Waals surface area contributed by atoms with Gasteiger partial charge in [-0.2, -0.15) is 0 Å². The Morgan fingerprint density at radius 1 is 1.23 bits per heavy atom. The van der Waals surface area contributed by atoms with Crippen molar-refractivity contribution in [2.45, 2.75) is 26.2 Å². The Hall–Kier alpha value is -3.31. The van der Waals surface area contributed by atoms with Crippen LogP contribution in [0.4, 0.5) is 5.69 Å². The van der Waals surface area contributed by atoms with Gasteiger partial charge in [0.1, 0.15) is 11.3 Å². The fourth-order valence-corrected chi connectivity index (χ4v) is 3.25. The number of nitrogens with zero attached hydrogens (tertiary/aromatic N) is 1. The molecule has 0 saturated carbocycles. The lowest BCUT2D eigenvalue weighted by atomic mass is 9.98. The molecule has 0 spiro atoms. The molecule has 1 N–H and O–H groups in total. The molecule has 2 aromatic heterocycles. The molecular formula is C24H21ClN2O3. The first-order valence-corrected chi connectivity index (χ1v) is 10.1. The number of aromatic nitrogens is 1. The summed E-state index contributed by atoms with van der Waals surface area (Å²) in [5.41, 5.74) is 3.97. The first kappa shape index (κ1) is 20.0. The van der Waals surface area contributed by atoms with E-state index < -0.39 is 0 Å². The van der Waals surface area contributed by atoms with E-state index in [0.29, 0.717) is 28.3 Å². The zero-order chi connectivity index (χ0) is 21.1.